The molecular weight excluding hydrogens is 242 g/mol. The van der Waals surface area contributed by atoms with Crippen LogP contribution >= 0.6 is 0 Å². The van der Waals surface area contributed by atoms with Gasteiger partial charge >= 0.3 is 0 Å². The number of carbonyl (C=O) groups is 1. The summed E-state index contributed by atoms with van der Waals surface area (Å²) < 4.78 is 0. The van der Waals surface area contributed by atoms with E-state index < -0.39 is 5.91 Å². The molecular formula is C13H21N5O. The monoisotopic (exact) mass is 263 g/mol. The van der Waals surface area contributed by atoms with E-state index in [2.05, 4.69) is 15.3 Å². The lowest BCUT2D eigenvalue weighted by Crippen LogP contribution is -2.38. The summed E-state index contributed by atoms with van der Waals surface area (Å²) in [4.78, 5) is 19.4. The van der Waals surface area contributed by atoms with Crippen LogP contribution in [0.1, 0.15) is 42.6 Å². The summed E-state index contributed by atoms with van der Waals surface area (Å²) in [6.45, 7) is 0.513. The van der Waals surface area contributed by atoms with Crippen molar-refractivity contribution < 1.29 is 4.79 Å². The average Bonchev–Trinajstić information content (AvgIpc) is 2.46. The van der Waals surface area contributed by atoms with Gasteiger partial charge in [0.15, 0.2) is 11.5 Å². The summed E-state index contributed by atoms with van der Waals surface area (Å²) in [5.41, 5.74) is 11.3. The molecule has 2 rings (SSSR count). The molecule has 0 aromatic carbocycles. The molecule has 6 nitrogen and oxygen atoms in total. The molecule has 1 fully saturated rings. The van der Waals surface area contributed by atoms with Crippen LogP contribution in [-0.2, 0) is 0 Å². The van der Waals surface area contributed by atoms with Crippen molar-refractivity contribution in [1.82, 2.24) is 9.97 Å². The first-order valence-electron chi connectivity index (χ1n) is 6.79. The molecule has 0 saturated heterocycles. The van der Waals surface area contributed by atoms with E-state index in [9.17, 15) is 4.79 Å². The van der Waals surface area contributed by atoms with Crippen LogP contribution in [0.5, 0.6) is 0 Å². The van der Waals surface area contributed by atoms with Crippen molar-refractivity contribution in [2.75, 3.05) is 11.9 Å². The van der Waals surface area contributed by atoms with Gasteiger partial charge in [-0.1, -0.05) is 19.3 Å². The van der Waals surface area contributed by atoms with E-state index >= 15 is 0 Å². The fraction of sp³-hybridized carbons (Fsp3) is 0.615. The largest absolute Gasteiger partial charge is 0.364 e. The van der Waals surface area contributed by atoms with Crippen molar-refractivity contribution in [1.29, 1.82) is 0 Å². The topological polar surface area (TPSA) is 107 Å². The molecule has 0 aliphatic heterocycles. The summed E-state index contributed by atoms with van der Waals surface area (Å²) in [7, 11) is 0. The lowest BCUT2D eigenvalue weighted by atomic mass is 9.84. The average molecular weight is 263 g/mol. The zero-order valence-corrected chi connectivity index (χ0v) is 11.0. The molecule has 5 N–H and O–H groups in total. The van der Waals surface area contributed by atoms with Gasteiger partial charge in [-0.3, -0.25) is 4.79 Å². The van der Waals surface area contributed by atoms with Crippen LogP contribution in [0.2, 0.25) is 0 Å². The van der Waals surface area contributed by atoms with E-state index in [0.717, 1.165) is 0 Å². The summed E-state index contributed by atoms with van der Waals surface area (Å²) in [5, 5.41) is 3.25. The maximum absolute atomic E-state index is 11.3. The number of amides is 1. The Morgan fingerprint density at radius 2 is 2.00 bits per heavy atom. The number of hydrogen-bond acceptors (Lipinski definition) is 5. The Morgan fingerprint density at radius 3 is 2.63 bits per heavy atom. The quantitative estimate of drug-likeness (QED) is 0.731. The van der Waals surface area contributed by atoms with Crippen molar-refractivity contribution in [2.24, 2.45) is 17.4 Å². The molecule has 1 saturated carbocycles. The summed E-state index contributed by atoms with van der Waals surface area (Å²) in [6.07, 6.45) is 9.12. The predicted octanol–water partition coefficient (Wildman–Crippen LogP) is 0.895. The first-order valence-corrected chi connectivity index (χ1v) is 6.79. The molecule has 0 bridgehead atoms. The fourth-order valence-electron chi connectivity index (χ4n) is 2.71. The molecule has 1 amide bonds. The van der Waals surface area contributed by atoms with Crippen LogP contribution in [0.3, 0.4) is 0 Å². The number of nitrogens with one attached hydrogen (secondary N) is 1. The van der Waals surface area contributed by atoms with Crippen molar-refractivity contribution in [2.45, 2.75) is 38.1 Å². The fourth-order valence-corrected chi connectivity index (χ4v) is 2.71. The van der Waals surface area contributed by atoms with Crippen molar-refractivity contribution >= 4 is 11.7 Å². The van der Waals surface area contributed by atoms with Crippen LogP contribution in [-0.4, -0.2) is 28.5 Å². The number of nitrogens with two attached hydrogens (primary N) is 2. The minimum Gasteiger partial charge on any atom is -0.364 e. The molecule has 1 aromatic rings. The standard InChI is InChI=1S/C13H21N5O/c14-8-10(9-4-2-1-3-5-9)18-13-11(12(15)19)16-6-7-17-13/h6-7,9-10H,1-5,8,14H2,(H2,15,19)(H,17,18). The smallest absolute Gasteiger partial charge is 0.271 e. The van der Waals surface area contributed by atoms with Gasteiger partial charge in [-0.2, -0.15) is 0 Å². The highest BCUT2D eigenvalue weighted by molar-refractivity contribution is 5.95. The first kappa shape index (κ1) is 13.7. The van der Waals surface area contributed by atoms with Gasteiger partial charge in [0.05, 0.1) is 0 Å². The number of primary amides is 1. The molecule has 1 aliphatic carbocycles. The van der Waals surface area contributed by atoms with E-state index in [-0.39, 0.29) is 11.7 Å². The zero-order valence-electron chi connectivity index (χ0n) is 11.0. The minimum atomic E-state index is -0.574. The van der Waals surface area contributed by atoms with Gasteiger partial charge in [0, 0.05) is 25.0 Å². The Labute approximate surface area is 113 Å². The molecule has 1 aromatic heterocycles. The summed E-state index contributed by atoms with van der Waals surface area (Å²) in [6, 6.07) is 0.120. The number of hydrogen-bond donors (Lipinski definition) is 3. The van der Waals surface area contributed by atoms with Crippen LogP contribution in [0.25, 0.3) is 0 Å². The number of nitrogens with zero attached hydrogens (tertiary/aromatic N) is 2. The Hall–Kier alpha value is -1.69. The third-order valence-electron chi connectivity index (χ3n) is 3.73. The van der Waals surface area contributed by atoms with Crippen LogP contribution in [0, 0.1) is 5.92 Å². The molecule has 104 valence electrons. The lowest BCUT2D eigenvalue weighted by molar-refractivity contribution is 0.0996. The van der Waals surface area contributed by atoms with E-state index in [4.69, 9.17) is 11.5 Å². The number of carbonyl (C=O) groups excluding carboxylic acids is 1. The van der Waals surface area contributed by atoms with Gasteiger partial charge in [-0.15, -0.1) is 0 Å². The maximum atomic E-state index is 11.3. The Bertz CT molecular complexity index is 431. The molecule has 1 atom stereocenters. The van der Waals surface area contributed by atoms with E-state index in [1.807, 2.05) is 0 Å². The zero-order chi connectivity index (χ0) is 13.7. The summed E-state index contributed by atoms with van der Waals surface area (Å²) in [5.74, 6) is 0.396. The van der Waals surface area contributed by atoms with Gasteiger partial charge in [-0.25, -0.2) is 9.97 Å². The third kappa shape index (κ3) is 3.41. The van der Waals surface area contributed by atoms with E-state index in [1.165, 1.54) is 38.3 Å². The maximum Gasteiger partial charge on any atom is 0.271 e. The second-order valence-corrected chi connectivity index (χ2v) is 5.00. The predicted molar refractivity (Wildman–Crippen MR) is 73.6 cm³/mol. The van der Waals surface area contributed by atoms with Crippen molar-refractivity contribution in [3.05, 3.63) is 18.1 Å². The van der Waals surface area contributed by atoms with E-state index in [1.54, 1.807) is 6.20 Å². The molecule has 19 heavy (non-hydrogen) atoms. The third-order valence-corrected chi connectivity index (χ3v) is 3.73. The highest BCUT2D eigenvalue weighted by Crippen LogP contribution is 2.27. The van der Waals surface area contributed by atoms with Crippen LogP contribution in [0.4, 0.5) is 5.82 Å². The van der Waals surface area contributed by atoms with Crippen molar-refractivity contribution in [3.8, 4) is 0 Å². The number of anilines is 1. The molecule has 0 spiro atoms. The first-order chi connectivity index (χ1) is 9.22. The number of rotatable bonds is 5. The Balaban J connectivity index is 2.11. The van der Waals surface area contributed by atoms with Crippen molar-refractivity contribution in [3.63, 3.8) is 0 Å². The van der Waals surface area contributed by atoms with Gasteiger partial charge in [0.1, 0.15) is 0 Å². The van der Waals surface area contributed by atoms with Gasteiger partial charge in [0.2, 0.25) is 0 Å². The molecule has 1 heterocycles. The molecule has 0 radical (unpaired) electrons. The highest BCUT2D eigenvalue weighted by Gasteiger charge is 2.24. The van der Waals surface area contributed by atoms with E-state index in [0.29, 0.717) is 18.3 Å². The minimum absolute atomic E-state index is 0.120. The Kier molecular flexibility index (Phi) is 4.68. The highest BCUT2D eigenvalue weighted by atomic mass is 16.1. The number of aromatic nitrogens is 2. The molecule has 1 unspecified atom stereocenters. The van der Waals surface area contributed by atoms with Crippen LogP contribution in [0.15, 0.2) is 12.4 Å². The second-order valence-electron chi connectivity index (χ2n) is 5.00. The molecule has 1 aliphatic rings. The second kappa shape index (κ2) is 6.47. The SMILES string of the molecule is NCC(Nc1nccnc1C(N)=O)C1CCCCC1. The Morgan fingerprint density at radius 1 is 1.32 bits per heavy atom. The summed E-state index contributed by atoms with van der Waals surface area (Å²) >= 11 is 0. The van der Waals surface area contributed by atoms with Gasteiger partial charge in [0.25, 0.3) is 5.91 Å². The lowest BCUT2D eigenvalue weighted by Gasteiger charge is -2.30. The molecule has 6 heteroatoms. The normalized spacial score (nSPS) is 17.9. The van der Waals surface area contributed by atoms with Gasteiger partial charge < -0.3 is 16.8 Å². The van der Waals surface area contributed by atoms with Gasteiger partial charge in [-0.05, 0) is 18.8 Å². The van der Waals surface area contributed by atoms with Crippen LogP contribution < -0.4 is 16.8 Å².